The van der Waals surface area contributed by atoms with Crippen molar-refractivity contribution in [2.75, 3.05) is 6.61 Å². The number of hydrogen-bond acceptors (Lipinski definition) is 5. The van der Waals surface area contributed by atoms with Gasteiger partial charge in [0.15, 0.2) is 6.61 Å². The molecule has 7 heteroatoms. The zero-order valence-electron chi connectivity index (χ0n) is 12.9. The lowest BCUT2D eigenvalue weighted by Crippen LogP contribution is -2.28. The summed E-state index contributed by atoms with van der Waals surface area (Å²) in [6, 6.07) is 7.18. The van der Waals surface area contributed by atoms with E-state index < -0.39 is 11.9 Å². The fourth-order valence-electron chi connectivity index (χ4n) is 2.01. The molecule has 0 aliphatic rings. The van der Waals surface area contributed by atoms with E-state index in [1.165, 1.54) is 0 Å². The van der Waals surface area contributed by atoms with E-state index in [-0.39, 0.29) is 18.7 Å². The average Bonchev–Trinajstić information content (AvgIpc) is 2.92. The van der Waals surface area contributed by atoms with Crippen molar-refractivity contribution in [3.63, 3.8) is 0 Å². The smallest absolute Gasteiger partial charge is 0.344 e. The van der Waals surface area contributed by atoms with Crippen molar-refractivity contribution in [3.05, 3.63) is 51.9 Å². The van der Waals surface area contributed by atoms with Crippen LogP contribution in [0.5, 0.6) is 0 Å². The number of halogens is 1. The summed E-state index contributed by atoms with van der Waals surface area (Å²) in [4.78, 5) is 23.8. The van der Waals surface area contributed by atoms with E-state index in [9.17, 15) is 9.59 Å². The summed E-state index contributed by atoms with van der Waals surface area (Å²) in [6.45, 7) is 3.37. The molecule has 0 spiro atoms. The Morgan fingerprint density at radius 3 is 2.78 bits per heavy atom. The van der Waals surface area contributed by atoms with Crippen LogP contribution >= 0.6 is 11.6 Å². The number of carbonyl (C=O) groups is 2. The van der Waals surface area contributed by atoms with Crippen LogP contribution in [0, 0.1) is 6.92 Å². The number of ether oxygens (including phenoxy) is 1. The first-order valence-electron chi connectivity index (χ1n) is 7.15. The highest BCUT2D eigenvalue weighted by molar-refractivity contribution is 6.31. The second kappa shape index (κ2) is 7.78. The van der Waals surface area contributed by atoms with Crippen molar-refractivity contribution in [2.45, 2.75) is 26.8 Å². The minimum Gasteiger partial charge on any atom is -0.452 e. The average molecular weight is 337 g/mol. The van der Waals surface area contributed by atoms with Gasteiger partial charge in [0, 0.05) is 11.6 Å². The lowest BCUT2D eigenvalue weighted by molar-refractivity contribution is -0.124. The topological polar surface area (TPSA) is 81.4 Å². The lowest BCUT2D eigenvalue weighted by atomic mass is 10.1. The van der Waals surface area contributed by atoms with Crippen LogP contribution < -0.4 is 5.32 Å². The maximum absolute atomic E-state index is 12.0. The van der Waals surface area contributed by atoms with E-state index in [0.717, 1.165) is 5.56 Å². The van der Waals surface area contributed by atoms with Gasteiger partial charge in [-0.25, -0.2) is 4.79 Å². The highest BCUT2D eigenvalue weighted by atomic mass is 35.5. The normalized spacial score (nSPS) is 10.4. The van der Waals surface area contributed by atoms with Crippen molar-refractivity contribution >= 4 is 23.5 Å². The third-order valence-electron chi connectivity index (χ3n) is 3.24. The van der Waals surface area contributed by atoms with Gasteiger partial charge in [-0.05, 0) is 25.0 Å². The third kappa shape index (κ3) is 4.32. The molecule has 1 amide bonds. The largest absolute Gasteiger partial charge is 0.452 e. The predicted molar refractivity (Wildman–Crippen MR) is 84.2 cm³/mol. The maximum Gasteiger partial charge on any atom is 0.344 e. The maximum atomic E-state index is 12.0. The van der Waals surface area contributed by atoms with E-state index >= 15 is 0 Å². The fraction of sp³-hybridized carbons (Fsp3) is 0.312. The molecule has 23 heavy (non-hydrogen) atoms. The molecule has 0 radical (unpaired) electrons. The van der Waals surface area contributed by atoms with Gasteiger partial charge in [0.05, 0.1) is 5.69 Å². The zero-order valence-corrected chi connectivity index (χ0v) is 13.6. The van der Waals surface area contributed by atoms with Gasteiger partial charge in [-0.3, -0.25) is 4.79 Å². The number of nitrogens with zero attached hydrogens (tertiary/aromatic N) is 1. The molecular weight excluding hydrogens is 320 g/mol. The first-order chi connectivity index (χ1) is 11.0. The summed E-state index contributed by atoms with van der Waals surface area (Å²) in [5, 5.41) is 6.99. The summed E-state index contributed by atoms with van der Waals surface area (Å²) in [5.41, 5.74) is 1.59. The molecule has 2 aromatic rings. The Kier molecular flexibility index (Phi) is 5.76. The third-order valence-corrected chi connectivity index (χ3v) is 3.61. The van der Waals surface area contributed by atoms with E-state index in [4.69, 9.17) is 20.9 Å². The monoisotopic (exact) mass is 336 g/mol. The predicted octanol–water partition coefficient (Wildman–Crippen LogP) is 2.67. The number of hydrogen-bond donors (Lipinski definition) is 1. The number of benzene rings is 1. The Morgan fingerprint density at radius 1 is 1.35 bits per heavy atom. The van der Waals surface area contributed by atoms with Crippen LogP contribution in [0.3, 0.4) is 0 Å². The van der Waals surface area contributed by atoms with Crippen molar-refractivity contribution < 1.29 is 18.8 Å². The van der Waals surface area contributed by atoms with Gasteiger partial charge < -0.3 is 14.6 Å². The molecule has 0 aliphatic heterocycles. The van der Waals surface area contributed by atoms with Crippen LogP contribution in [0.2, 0.25) is 5.02 Å². The van der Waals surface area contributed by atoms with Crippen molar-refractivity contribution in [2.24, 2.45) is 0 Å². The van der Waals surface area contributed by atoms with Gasteiger partial charge in [-0.2, -0.15) is 0 Å². The highest BCUT2D eigenvalue weighted by Gasteiger charge is 2.21. The van der Waals surface area contributed by atoms with Gasteiger partial charge >= 0.3 is 5.97 Å². The standard InChI is InChI=1S/C16H17ClN2O4/c1-3-13-15(10(2)23-19-13)16(21)22-9-14(20)18-8-11-6-4-5-7-12(11)17/h4-7H,3,8-9H2,1-2H3,(H,18,20). The molecule has 0 saturated carbocycles. The first kappa shape index (κ1) is 17.0. The summed E-state index contributed by atoms with van der Waals surface area (Å²) in [7, 11) is 0. The summed E-state index contributed by atoms with van der Waals surface area (Å²) < 4.78 is 9.97. The minimum absolute atomic E-state index is 0.266. The lowest BCUT2D eigenvalue weighted by Gasteiger charge is -2.08. The Morgan fingerprint density at radius 2 is 2.09 bits per heavy atom. The highest BCUT2D eigenvalue weighted by Crippen LogP contribution is 2.15. The number of nitrogens with one attached hydrogen (secondary N) is 1. The quantitative estimate of drug-likeness (QED) is 0.820. The molecule has 1 N–H and O–H groups in total. The van der Waals surface area contributed by atoms with E-state index in [1.807, 2.05) is 25.1 Å². The Balaban J connectivity index is 1.86. The molecule has 0 atom stereocenters. The molecule has 0 fully saturated rings. The van der Waals surface area contributed by atoms with Crippen LogP contribution in [-0.4, -0.2) is 23.6 Å². The Bertz CT molecular complexity index is 712. The zero-order chi connectivity index (χ0) is 16.8. The number of amides is 1. The van der Waals surface area contributed by atoms with E-state index in [2.05, 4.69) is 10.5 Å². The van der Waals surface area contributed by atoms with Gasteiger partial charge in [-0.15, -0.1) is 0 Å². The summed E-state index contributed by atoms with van der Waals surface area (Å²) >= 11 is 6.00. The second-order valence-corrected chi connectivity index (χ2v) is 5.27. The number of rotatable bonds is 6. The van der Waals surface area contributed by atoms with Crippen LogP contribution in [0.1, 0.15) is 34.3 Å². The molecule has 1 aromatic heterocycles. The second-order valence-electron chi connectivity index (χ2n) is 4.86. The van der Waals surface area contributed by atoms with Crippen molar-refractivity contribution in [1.29, 1.82) is 0 Å². The SMILES string of the molecule is CCc1noc(C)c1C(=O)OCC(=O)NCc1ccccc1Cl. The van der Waals surface area contributed by atoms with Crippen LogP contribution in [0.4, 0.5) is 0 Å². The molecule has 0 unspecified atom stereocenters. The summed E-state index contributed by atoms with van der Waals surface area (Å²) in [6.07, 6.45) is 0.542. The fourth-order valence-corrected chi connectivity index (χ4v) is 2.21. The van der Waals surface area contributed by atoms with E-state index in [1.54, 1.807) is 13.0 Å². The number of aromatic nitrogens is 1. The molecule has 6 nitrogen and oxygen atoms in total. The van der Waals surface area contributed by atoms with Gasteiger partial charge in [-0.1, -0.05) is 41.9 Å². The molecule has 1 heterocycles. The first-order valence-corrected chi connectivity index (χ1v) is 7.53. The molecule has 0 bridgehead atoms. The molecule has 2 rings (SSSR count). The molecular formula is C16H17ClN2O4. The van der Waals surface area contributed by atoms with Crippen molar-refractivity contribution in [1.82, 2.24) is 10.5 Å². The Hall–Kier alpha value is -2.34. The molecule has 122 valence electrons. The van der Waals surface area contributed by atoms with E-state index in [0.29, 0.717) is 22.9 Å². The van der Waals surface area contributed by atoms with Crippen LogP contribution in [0.25, 0.3) is 0 Å². The molecule has 1 aromatic carbocycles. The van der Waals surface area contributed by atoms with Gasteiger partial charge in [0.25, 0.3) is 5.91 Å². The molecule has 0 aliphatic carbocycles. The Labute approximate surface area is 138 Å². The molecule has 0 saturated heterocycles. The number of carbonyl (C=O) groups excluding carboxylic acids is 2. The summed E-state index contributed by atoms with van der Waals surface area (Å²) in [5.74, 6) is -0.651. The van der Waals surface area contributed by atoms with Gasteiger partial charge in [0.2, 0.25) is 0 Å². The minimum atomic E-state index is -0.617. The van der Waals surface area contributed by atoms with Gasteiger partial charge in [0.1, 0.15) is 11.3 Å². The van der Waals surface area contributed by atoms with Crippen LogP contribution in [-0.2, 0) is 22.5 Å². The number of esters is 1. The van der Waals surface area contributed by atoms with Crippen LogP contribution in [0.15, 0.2) is 28.8 Å². The van der Waals surface area contributed by atoms with Crippen molar-refractivity contribution in [3.8, 4) is 0 Å². The number of aryl methyl sites for hydroxylation is 2.